The Hall–Kier alpha value is -2.50. The van der Waals surface area contributed by atoms with Crippen molar-refractivity contribution < 1.29 is 4.79 Å². The number of aryl methyl sites for hydroxylation is 1. The van der Waals surface area contributed by atoms with Crippen molar-refractivity contribution in [3.63, 3.8) is 0 Å². The minimum atomic E-state index is 0.0905. The van der Waals surface area contributed by atoms with Gasteiger partial charge in [-0.25, -0.2) is 9.78 Å². The van der Waals surface area contributed by atoms with E-state index in [0.717, 1.165) is 45.3 Å². The van der Waals surface area contributed by atoms with Crippen molar-refractivity contribution >= 4 is 11.7 Å². The van der Waals surface area contributed by atoms with E-state index in [4.69, 9.17) is 0 Å². The molecule has 1 fully saturated rings. The van der Waals surface area contributed by atoms with Crippen LogP contribution in [0, 0.1) is 0 Å². The van der Waals surface area contributed by atoms with Crippen molar-refractivity contribution in [2.45, 2.75) is 44.7 Å². The van der Waals surface area contributed by atoms with Gasteiger partial charge in [0.1, 0.15) is 0 Å². The van der Waals surface area contributed by atoms with E-state index in [1.54, 1.807) is 6.20 Å². The van der Waals surface area contributed by atoms with Gasteiger partial charge in [-0.3, -0.25) is 0 Å². The molecule has 3 rings (SSSR count). The van der Waals surface area contributed by atoms with Crippen LogP contribution in [-0.4, -0.2) is 53.2 Å². The highest BCUT2D eigenvalue weighted by Crippen LogP contribution is 2.20. The van der Waals surface area contributed by atoms with Crippen LogP contribution >= 0.6 is 0 Å². The number of hydrogen-bond acceptors (Lipinski definition) is 3. The van der Waals surface area contributed by atoms with Crippen LogP contribution in [0.2, 0.25) is 0 Å². The molecular weight excluding hydrogens is 338 g/mol. The summed E-state index contributed by atoms with van der Waals surface area (Å²) in [7, 11) is 2.09. The molecule has 0 spiro atoms. The number of para-hydroxylation sites is 1. The topological polar surface area (TPSA) is 53.4 Å². The molecule has 2 heterocycles. The van der Waals surface area contributed by atoms with Gasteiger partial charge in [-0.05, 0) is 44.2 Å². The van der Waals surface area contributed by atoms with Gasteiger partial charge in [-0.2, -0.15) is 0 Å². The Bertz CT molecular complexity index is 673. The van der Waals surface area contributed by atoms with Crippen molar-refractivity contribution in [3.05, 3.63) is 49.1 Å². The maximum atomic E-state index is 12.7. The lowest BCUT2D eigenvalue weighted by molar-refractivity contribution is 0.144. The highest BCUT2D eigenvalue weighted by atomic mass is 16.2. The Kier molecular flexibility index (Phi) is 7.13. The molecule has 1 aromatic heterocycles. The van der Waals surface area contributed by atoms with E-state index in [1.807, 2.05) is 35.6 Å². The Morgan fingerprint density at radius 1 is 1.30 bits per heavy atom. The lowest BCUT2D eigenvalue weighted by atomic mass is 10.00. The molecule has 27 heavy (non-hydrogen) atoms. The van der Waals surface area contributed by atoms with Crippen LogP contribution in [-0.2, 0) is 6.54 Å². The zero-order valence-electron chi connectivity index (χ0n) is 16.3. The number of rotatable bonds is 8. The summed E-state index contributed by atoms with van der Waals surface area (Å²) >= 11 is 0. The SMILES string of the molecule is CN(CCCNC(=O)N1CCCC[C@@H]1CCn1ccnc1)c1ccccc1. The molecule has 2 aromatic rings. The normalized spacial score (nSPS) is 16.9. The second kappa shape index (κ2) is 10.00. The maximum absolute atomic E-state index is 12.7. The number of nitrogens with one attached hydrogen (secondary N) is 1. The lowest BCUT2D eigenvalue weighted by Crippen LogP contribution is -2.49. The standard InChI is InChI=1S/C21H31N5O/c1-24(19-8-3-2-4-9-19)14-7-12-23-21(27)26-15-6-5-10-20(26)11-16-25-17-13-22-18-25/h2-4,8-9,13,17-18,20H,5-7,10-12,14-16H2,1H3,(H,23,27)/t20-/m1/s1. The van der Waals surface area contributed by atoms with Gasteiger partial charge in [-0.1, -0.05) is 18.2 Å². The van der Waals surface area contributed by atoms with Crippen LogP contribution in [0.4, 0.5) is 10.5 Å². The molecule has 146 valence electrons. The number of likely N-dealkylation sites (tertiary alicyclic amines) is 1. The Labute approximate surface area is 162 Å². The first kappa shape index (κ1) is 19.3. The smallest absolute Gasteiger partial charge is 0.317 e. The zero-order chi connectivity index (χ0) is 18.9. The molecule has 1 aliphatic rings. The highest BCUT2D eigenvalue weighted by Gasteiger charge is 2.26. The predicted octanol–water partition coefficient (Wildman–Crippen LogP) is 3.36. The molecule has 0 unspecified atom stereocenters. The van der Waals surface area contributed by atoms with Gasteiger partial charge in [0, 0.05) is 57.3 Å². The molecule has 6 nitrogen and oxygen atoms in total. The van der Waals surface area contributed by atoms with Crippen molar-refractivity contribution in [3.8, 4) is 0 Å². The second-order valence-corrected chi connectivity index (χ2v) is 7.27. The molecular formula is C21H31N5O. The van der Waals surface area contributed by atoms with Crippen molar-refractivity contribution in [1.29, 1.82) is 0 Å². The van der Waals surface area contributed by atoms with Gasteiger partial charge in [-0.15, -0.1) is 0 Å². The molecule has 6 heteroatoms. The summed E-state index contributed by atoms with van der Waals surface area (Å²) in [4.78, 5) is 21.0. The third kappa shape index (κ3) is 5.74. The minimum absolute atomic E-state index is 0.0905. The van der Waals surface area contributed by atoms with Crippen LogP contribution < -0.4 is 10.2 Å². The summed E-state index contributed by atoms with van der Waals surface area (Å²) in [6.45, 7) is 3.41. The first-order chi connectivity index (χ1) is 13.2. The van der Waals surface area contributed by atoms with E-state index < -0.39 is 0 Å². The van der Waals surface area contributed by atoms with Crippen LogP contribution in [0.5, 0.6) is 0 Å². The summed E-state index contributed by atoms with van der Waals surface area (Å²) < 4.78 is 2.09. The van der Waals surface area contributed by atoms with Gasteiger partial charge in [0.15, 0.2) is 0 Å². The number of urea groups is 1. The molecule has 1 atom stereocenters. The average Bonchev–Trinajstić information content (AvgIpc) is 3.24. The fourth-order valence-corrected chi connectivity index (χ4v) is 3.71. The van der Waals surface area contributed by atoms with Gasteiger partial charge in [0.05, 0.1) is 6.33 Å². The van der Waals surface area contributed by atoms with E-state index in [1.165, 1.54) is 12.1 Å². The third-order valence-electron chi connectivity index (χ3n) is 5.31. The van der Waals surface area contributed by atoms with Crippen LogP contribution in [0.25, 0.3) is 0 Å². The van der Waals surface area contributed by atoms with E-state index in [9.17, 15) is 4.79 Å². The van der Waals surface area contributed by atoms with Crippen molar-refractivity contribution in [2.24, 2.45) is 0 Å². The summed E-state index contributed by atoms with van der Waals surface area (Å²) in [6.07, 6.45) is 11.0. The Morgan fingerprint density at radius 2 is 2.15 bits per heavy atom. The largest absolute Gasteiger partial charge is 0.375 e. The fourth-order valence-electron chi connectivity index (χ4n) is 3.71. The van der Waals surface area contributed by atoms with Gasteiger partial charge < -0.3 is 19.7 Å². The summed E-state index contributed by atoms with van der Waals surface area (Å²) in [5.74, 6) is 0. The molecule has 0 bridgehead atoms. The monoisotopic (exact) mass is 369 g/mol. The number of aromatic nitrogens is 2. The number of benzene rings is 1. The fraction of sp³-hybridized carbons (Fsp3) is 0.524. The van der Waals surface area contributed by atoms with Gasteiger partial charge in [0.2, 0.25) is 0 Å². The Morgan fingerprint density at radius 3 is 2.93 bits per heavy atom. The zero-order valence-corrected chi connectivity index (χ0v) is 16.3. The molecule has 1 N–H and O–H groups in total. The van der Waals surface area contributed by atoms with Crippen LogP contribution in [0.15, 0.2) is 49.1 Å². The molecule has 0 saturated carbocycles. The van der Waals surface area contributed by atoms with Crippen LogP contribution in [0.3, 0.4) is 0 Å². The molecule has 0 aliphatic carbocycles. The maximum Gasteiger partial charge on any atom is 0.317 e. The number of anilines is 1. The van der Waals surface area contributed by atoms with Crippen molar-refractivity contribution in [2.75, 3.05) is 31.6 Å². The quantitative estimate of drug-likeness (QED) is 0.726. The molecule has 1 aliphatic heterocycles. The first-order valence-electron chi connectivity index (χ1n) is 10.0. The third-order valence-corrected chi connectivity index (χ3v) is 5.31. The van der Waals surface area contributed by atoms with Gasteiger partial charge in [0.25, 0.3) is 0 Å². The van der Waals surface area contributed by atoms with Gasteiger partial charge >= 0.3 is 6.03 Å². The predicted molar refractivity (Wildman–Crippen MR) is 109 cm³/mol. The average molecular weight is 370 g/mol. The van der Waals surface area contributed by atoms with E-state index in [0.29, 0.717) is 12.6 Å². The van der Waals surface area contributed by atoms with Crippen molar-refractivity contribution in [1.82, 2.24) is 19.8 Å². The minimum Gasteiger partial charge on any atom is -0.375 e. The summed E-state index contributed by atoms with van der Waals surface area (Å²) in [5.41, 5.74) is 1.21. The van der Waals surface area contributed by atoms with Crippen LogP contribution in [0.1, 0.15) is 32.1 Å². The molecule has 2 amide bonds. The van der Waals surface area contributed by atoms with E-state index in [-0.39, 0.29) is 6.03 Å². The number of hydrogen-bond donors (Lipinski definition) is 1. The number of imidazole rings is 1. The number of nitrogens with zero attached hydrogens (tertiary/aromatic N) is 4. The highest BCUT2D eigenvalue weighted by molar-refractivity contribution is 5.74. The number of carbonyl (C=O) groups excluding carboxylic acids is 1. The molecule has 1 saturated heterocycles. The van der Waals surface area contributed by atoms with E-state index in [2.05, 4.69) is 38.9 Å². The first-order valence-corrected chi connectivity index (χ1v) is 10.0. The summed E-state index contributed by atoms with van der Waals surface area (Å²) in [6, 6.07) is 10.8. The molecule has 0 radical (unpaired) electrons. The molecule has 1 aromatic carbocycles. The number of carbonyl (C=O) groups is 1. The second-order valence-electron chi connectivity index (χ2n) is 7.27. The Balaban J connectivity index is 1.40. The van der Waals surface area contributed by atoms with E-state index >= 15 is 0 Å². The number of amides is 2. The number of piperidine rings is 1. The summed E-state index contributed by atoms with van der Waals surface area (Å²) in [5, 5.41) is 3.12. The lowest BCUT2D eigenvalue weighted by Gasteiger charge is -2.36.